The van der Waals surface area contributed by atoms with Gasteiger partial charge in [0.25, 0.3) is 0 Å². The number of ether oxygens (including phenoxy) is 2. The summed E-state index contributed by atoms with van der Waals surface area (Å²) in [5.74, 6) is -0.349. The van der Waals surface area contributed by atoms with Gasteiger partial charge in [-0.3, -0.25) is 4.79 Å². The molecule has 1 aromatic rings. The minimum atomic E-state index is -0.179. The van der Waals surface area contributed by atoms with Crippen molar-refractivity contribution in [1.82, 2.24) is 0 Å². The Kier molecular flexibility index (Phi) is 2.73. The summed E-state index contributed by atoms with van der Waals surface area (Å²) in [6.07, 6.45) is 0.702. The van der Waals surface area contributed by atoms with Gasteiger partial charge in [-0.05, 0) is 17.5 Å². The summed E-state index contributed by atoms with van der Waals surface area (Å²) in [6, 6.07) is 7.87. The van der Waals surface area contributed by atoms with Gasteiger partial charge in [0.2, 0.25) is 0 Å². The van der Waals surface area contributed by atoms with E-state index in [1.54, 1.807) is 7.11 Å². The third kappa shape index (κ3) is 1.63. The van der Waals surface area contributed by atoms with Gasteiger partial charge in [-0.25, -0.2) is 0 Å². The Balaban J connectivity index is 2.37. The molecule has 1 aromatic carbocycles. The molecule has 2 unspecified atom stereocenters. The number of benzene rings is 1. The molecule has 0 fully saturated rings. The Labute approximate surface area is 89.0 Å². The van der Waals surface area contributed by atoms with Gasteiger partial charge in [0.1, 0.15) is 0 Å². The van der Waals surface area contributed by atoms with Crippen LogP contribution in [0.5, 0.6) is 0 Å². The van der Waals surface area contributed by atoms with E-state index in [0.717, 1.165) is 11.1 Å². The SMILES string of the molecule is COC(=O)C1CC(OC)c2ccccc21. The molecule has 0 spiro atoms. The van der Waals surface area contributed by atoms with Crippen molar-refractivity contribution in [2.45, 2.75) is 18.4 Å². The molecule has 80 valence electrons. The van der Waals surface area contributed by atoms with Gasteiger partial charge >= 0.3 is 5.97 Å². The molecule has 3 nitrogen and oxygen atoms in total. The van der Waals surface area contributed by atoms with Gasteiger partial charge in [-0.15, -0.1) is 0 Å². The third-order valence-corrected chi connectivity index (χ3v) is 2.94. The molecule has 0 heterocycles. The number of carbonyl (C=O) groups excluding carboxylic acids is 1. The quantitative estimate of drug-likeness (QED) is 0.694. The number of esters is 1. The maximum Gasteiger partial charge on any atom is 0.313 e. The molecule has 0 amide bonds. The Morgan fingerprint density at radius 3 is 2.53 bits per heavy atom. The van der Waals surface area contributed by atoms with Gasteiger partial charge in [-0.2, -0.15) is 0 Å². The van der Waals surface area contributed by atoms with E-state index in [0.29, 0.717) is 6.42 Å². The number of hydrogen-bond donors (Lipinski definition) is 0. The predicted molar refractivity (Wildman–Crippen MR) is 55.6 cm³/mol. The zero-order chi connectivity index (χ0) is 10.8. The van der Waals surface area contributed by atoms with Crippen molar-refractivity contribution in [3.05, 3.63) is 35.4 Å². The molecule has 0 aromatic heterocycles. The number of fused-ring (bicyclic) bond motifs is 1. The van der Waals surface area contributed by atoms with Crippen molar-refractivity contribution in [2.75, 3.05) is 14.2 Å². The van der Waals surface area contributed by atoms with Crippen molar-refractivity contribution in [1.29, 1.82) is 0 Å². The molecule has 2 atom stereocenters. The van der Waals surface area contributed by atoms with Crippen LogP contribution in [0.2, 0.25) is 0 Å². The lowest BCUT2D eigenvalue weighted by atomic mass is 10.0. The van der Waals surface area contributed by atoms with E-state index < -0.39 is 0 Å². The summed E-state index contributed by atoms with van der Waals surface area (Å²) in [7, 11) is 3.09. The summed E-state index contributed by atoms with van der Waals surface area (Å²) in [5, 5.41) is 0. The van der Waals surface area contributed by atoms with Crippen LogP contribution in [0.15, 0.2) is 24.3 Å². The largest absolute Gasteiger partial charge is 0.469 e. The maximum absolute atomic E-state index is 11.6. The molecule has 0 aliphatic heterocycles. The lowest BCUT2D eigenvalue weighted by Gasteiger charge is -2.08. The summed E-state index contributed by atoms with van der Waals surface area (Å²) in [6.45, 7) is 0. The molecule has 0 saturated carbocycles. The van der Waals surface area contributed by atoms with E-state index in [1.165, 1.54) is 7.11 Å². The fraction of sp³-hybridized carbons (Fsp3) is 0.417. The number of methoxy groups -OCH3 is 2. The first-order chi connectivity index (χ1) is 7.27. The van der Waals surface area contributed by atoms with E-state index in [1.807, 2.05) is 24.3 Å². The van der Waals surface area contributed by atoms with Crippen LogP contribution < -0.4 is 0 Å². The van der Waals surface area contributed by atoms with Crippen LogP contribution in [-0.4, -0.2) is 20.2 Å². The maximum atomic E-state index is 11.6. The molecule has 1 aliphatic carbocycles. The van der Waals surface area contributed by atoms with Crippen LogP contribution >= 0.6 is 0 Å². The fourth-order valence-electron chi connectivity index (χ4n) is 2.18. The summed E-state index contributed by atoms with van der Waals surface area (Å²) in [4.78, 5) is 11.6. The van der Waals surface area contributed by atoms with Crippen LogP contribution in [0.4, 0.5) is 0 Å². The Hall–Kier alpha value is -1.35. The zero-order valence-electron chi connectivity index (χ0n) is 8.90. The second-order valence-electron chi connectivity index (χ2n) is 3.66. The van der Waals surface area contributed by atoms with E-state index in [-0.39, 0.29) is 18.0 Å². The third-order valence-electron chi connectivity index (χ3n) is 2.94. The van der Waals surface area contributed by atoms with Crippen LogP contribution in [0.1, 0.15) is 29.6 Å². The molecule has 0 N–H and O–H groups in total. The molecule has 2 rings (SSSR count). The number of carbonyl (C=O) groups is 1. The second-order valence-corrected chi connectivity index (χ2v) is 3.66. The highest BCUT2D eigenvalue weighted by Gasteiger charge is 2.35. The normalized spacial score (nSPS) is 23.6. The van der Waals surface area contributed by atoms with Crippen LogP contribution in [0, 0.1) is 0 Å². The highest BCUT2D eigenvalue weighted by Crippen LogP contribution is 2.42. The van der Waals surface area contributed by atoms with E-state index >= 15 is 0 Å². The van der Waals surface area contributed by atoms with E-state index in [4.69, 9.17) is 9.47 Å². The van der Waals surface area contributed by atoms with Crippen molar-refractivity contribution in [3.63, 3.8) is 0 Å². The summed E-state index contributed by atoms with van der Waals surface area (Å²) in [5.41, 5.74) is 2.15. The van der Waals surface area contributed by atoms with E-state index in [9.17, 15) is 4.79 Å². The molecule has 0 bridgehead atoms. The smallest absolute Gasteiger partial charge is 0.313 e. The topological polar surface area (TPSA) is 35.5 Å². The fourth-order valence-corrected chi connectivity index (χ4v) is 2.18. The molecular weight excluding hydrogens is 192 g/mol. The van der Waals surface area contributed by atoms with Crippen molar-refractivity contribution < 1.29 is 14.3 Å². The van der Waals surface area contributed by atoms with Gasteiger partial charge < -0.3 is 9.47 Å². The minimum Gasteiger partial charge on any atom is -0.469 e. The van der Waals surface area contributed by atoms with Gasteiger partial charge in [0, 0.05) is 7.11 Å². The second kappa shape index (κ2) is 4.03. The average molecular weight is 206 g/mol. The van der Waals surface area contributed by atoms with Crippen molar-refractivity contribution in [2.24, 2.45) is 0 Å². The standard InChI is InChI=1S/C12H14O3/c1-14-11-7-10(12(13)15-2)8-5-3-4-6-9(8)11/h3-6,10-11H,7H2,1-2H3. The van der Waals surface area contributed by atoms with Gasteiger partial charge in [0.05, 0.1) is 19.1 Å². The molecule has 15 heavy (non-hydrogen) atoms. The van der Waals surface area contributed by atoms with Crippen LogP contribution in [0.3, 0.4) is 0 Å². The Bertz CT molecular complexity index is 373. The van der Waals surface area contributed by atoms with Crippen molar-refractivity contribution >= 4 is 5.97 Å². The minimum absolute atomic E-state index is 0.0188. The zero-order valence-corrected chi connectivity index (χ0v) is 8.90. The molecule has 3 heteroatoms. The first kappa shape index (κ1) is 10.2. The predicted octanol–water partition coefficient (Wildman–Crippen LogP) is 2.03. The lowest BCUT2D eigenvalue weighted by Crippen LogP contribution is -2.11. The number of rotatable bonds is 2. The van der Waals surface area contributed by atoms with E-state index in [2.05, 4.69) is 0 Å². The molecule has 0 saturated heterocycles. The summed E-state index contributed by atoms with van der Waals surface area (Å²) < 4.78 is 10.1. The molecule has 1 aliphatic rings. The number of hydrogen-bond acceptors (Lipinski definition) is 3. The van der Waals surface area contributed by atoms with Crippen LogP contribution in [-0.2, 0) is 14.3 Å². The Morgan fingerprint density at radius 2 is 1.93 bits per heavy atom. The monoisotopic (exact) mass is 206 g/mol. The van der Waals surface area contributed by atoms with Gasteiger partial charge in [-0.1, -0.05) is 24.3 Å². The van der Waals surface area contributed by atoms with Crippen molar-refractivity contribution in [3.8, 4) is 0 Å². The van der Waals surface area contributed by atoms with Crippen LogP contribution in [0.25, 0.3) is 0 Å². The first-order valence-electron chi connectivity index (χ1n) is 4.97. The lowest BCUT2D eigenvalue weighted by molar-refractivity contribution is -0.142. The van der Waals surface area contributed by atoms with Gasteiger partial charge in [0.15, 0.2) is 0 Å². The summed E-state index contributed by atoms with van der Waals surface area (Å²) >= 11 is 0. The average Bonchev–Trinajstić information content (AvgIpc) is 2.67. The first-order valence-corrected chi connectivity index (χ1v) is 4.97. The Morgan fingerprint density at radius 1 is 1.27 bits per heavy atom. The molecule has 0 radical (unpaired) electrons. The highest BCUT2D eigenvalue weighted by atomic mass is 16.5. The highest BCUT2D eigenvalue weighted by molar-refractivity contribution is 5.79. The molecular formula is C12H14O3.